The van der Waals surface area contributed by atoms with E-state index in [0.717, 1.165) is 5.69 Å². The van der Waals surface area contributed by atoms with Crippen molar-refractivity contribution in [1.29, 1.82) is 0 Å². The average Bonchev–Trinajstić information content (AvgIpc) is 2.66. The Morgan fingerprint density at radius 1 is 1.22 bits per heavy atom. The third-order valence-corrected chi connectivity index (χ3v) is 4.04. The number of nitrogens with two attached hydrogens (primary N) is 1. The molecule has 18 heavy (non-hydrogen) atoms. The van der Waals surface area contributed by atoms with Crippen LogP contribution in [0.15, 0.2) is 18.2 Å². The fraction of sp³-hybridized carbons (Fsp3) is 0.600. The Morgan fingerprint density at radius 2 is 1.89 bits per heavy atom. The van der Waals surface area contributed by atoms with Gasteiger partial charge in [0.15, 0.2) is 0 Å². The molecule has 100 valence electrons. The molecule has 1 aliphatic carbocycles. The lowest BCUT2D eigenvalue weighted by atomic mass is 10.1. The molecule has 0 aromatic heterocycles. The lowest BCUT2D eigenvalue weighted by molar-refractivity contribution is 0.550. The van der Waals surface area contributed by atoms with Crippen LogP contribution < -0.4 is 10.6 Å². The van der Waals surface area contributed by atoms with Crippen molar-refractivity contribution in [2.45, 2.75) is 51.1 Å². The highest BCUT2D eigenvalue weighted by atomic mass is 19.1. The monoisotopic (exact) mass is 250 g/mol. The molecular formula is C15H23FN2. The summed E-state index contributed by atoms with van der Waals surface area (Å²) in [5.74, 6) is -0.185. The highest BCUT2D eigenvalue weighted by molar-refractivity contribution is 5.48. The number of nitrogens with zero attached hydrogens (tertiary/aromatic N) is 1. The fourth-order valence-electron chi connectivity index (χ4n) is 2.78. The first-order valence-electron chi connectivity index (χ1n) is 6.93. The molecule has 2 nitrogen and oxygen atoms in total. The van der Waals surface area contributed by atoms with Crippen molar-refractivity contribution in [3.63, 3.8) is 0 Å². The standard InChI is InChI=1S/C15H23FN2/c1-18(13-6-4-2-3-5-7-13)14-9-8-12(11-17)15(16)10-14/h8-10,13H,2-7,11,17H2,1H3. The molecule has 1 fully saturated rings. The van der Waals surface area contributed by atoms with Crippen LogP contribution in [0.4, 0.5) is 10.1 Å². The molecule has 3 heteroatoms. The first-order chi connectivity index (χ1) is 8.72. The molecule has 0 spiro atoms. The molecule has 0 aliphatic heterocycles. The van der Waals surface area contributed by atoms with Gasteiger partial charge in [0.05, 0.1) is 0 Å². The summed E-state index contributed by atoms with van der Waals surface area (Å²) >= 11 is 0. The molecule has 0 radical (unpaired) electrons. The minimum Gasteiger partial charge on any atom is -0.372 e. The van der Waals surface area contributed by atoms with Crippen molar-refractivity contribution in [2.75, 3.05) is 11.9 Å². The summed E-state index contributed by atoms with van der Waals surface area (Å²) in [5.41, 5.74) is 7.05. The van der Waals surface area contributed by atoms with Crippen LogP contribution in [-0.4, -0.2) is 13.1 Å². The van der Waals surface area contributed by atoms with E-state index in [2.05, 4.69) is 11.9 Å². The highest BCUT2D eigenvalue weighted by Gasteiger charge is 2.18. The summed E-state index contributed by atoms with van der Waals surface area (Å²) in [6.45, 7) is 0.263. The number of halogens is 1. The van der Waals surface area contributed by atoms with Crippen molar-refractivity contribution in [3.8, 4) is 0 Å². The first-order valence-corrected chi connectivity index (χ1v) is 6.93. The third kappa shape index (κ3) is 3.02. The maximum absolute atomic E-state index is 13.8. The van der Waals surface area contributed by atoms with E-state index in [4.69, 9.17) is 5.73 Å². The predicted molar refractivity (Wildman–Crippen MR) is 74.2 cm³/mol. The van der Waals surface area contributed by atoms with E-state index >= 15 is 0 Å². The van der Waals surface area contributed by atoms with Gasteiger partial charge in [-0.05, 0) is 25.0 Å². The molecule has 1 aliphatic rings. The highest BCUT2D eigenvalue weighted by Crippen LogP contribution is 2.26. The summed E-state index contributed by atoms with van der Waals surface area (Å²) in [4.78, 5) is 2.23. The summed E-state index contributed by atoms with van der Waals surface area (Å²) in [5, 5.41) is 0. The summed E-state index contributed by atoms with van der Waals surface area (Å²) in [7, 11) is 2.08. The zero-order valence-electron chi connectivity index (χ0n) is 11.2. The van der Waals surface area contributed by atoms with E-state index in [1.165, 1.54) is 38.5 Å². The zero-order chi connectivity index (χ0) is 13.0. The van der Waals surface area contributed by atoms with Crippen molar-refractivity contribution in [2.24, 2.45) is 5.73 Å². The molecule has 0 unspecified atom stereocenters. The molecule has 0 heterocycles. The van der Waals surface area contributed by atoms with E-state index in [0.29, 0.717) is 11.6 Å². The Kier molecular flexibility index (Phi) is 4.59. The van der Waals surface area contributed by atoms with Gasteiger partial charge in [-0.1, -0.05) is 31.7 Å². The molecule has 1 aromatic rings. The third-order valence-electron chi connectivity index (χ3n) is 4.04. The normalized spacial score (nSPS) is 17.5. The van der Waals surface area contributed by atoms with Crippen LogP contribution in [0.1, 0.15) is 44.1 Å². The summed E-state index contributed by atoms with van der Waals surface area (Å²) < 4.78 is 13.8. The minimum atomic E-state index is -0.185. The maximum Gasteiger partial charge on any atom is 0.129 e. The Balaban J connectivity index is 2.11. The number of benzene rings is 1. The van der Waals surface area contributed by atoms with Gasteiger partial charge in [-0.3, -0.25) is 0 Å². The fourth-order valence-corrected chi connectivity index (χ4v) is 2.78. The largest absolute Gasteiger partial charge is 0.372 e. The molecule has 0 atom stereocenters. The van der Waals surface area contributed by atoms with Gasteiger partial charge >= 0.3 is 0 Å². The Bertz CT molecular complexity index is 384. The van der Waals surface area contributed by atoms with Crippen LogP contribution in [0.5, 0.6) is 0 Å². The number of rotatable bonds is 3. The van der Waals surface area contributed by atoms with Gasteiger partial charge in [-0.15, -0.1) is 0 Å². The Morgan fingerprint density at radius 3 is 2.44 bits per heavy atom. The second-order valence-electron chi connectivity index (χ2n) is 5.24. The predicted octanol–water partition coefficient (Wildman–Crippen LogP) is 3.44. The van der Waals surface area contributed by atoms with Gasteiger partial charge < -0.3 is 10.6 Å². The van der Waals surface area contributed by atoms with E-state index in [1.54, 1.807) is 12.1 Å². The van der Waals surface area contributed by atoms with E-state index < -0.39 is 0 Å². The maximum atomic E-state index is 13.8. The summed E-state index contributed by atoms with van der Waals surface area (Å²) in [6, 6.07) is 5.96. The number of anilines is 1. The van der Waals surface area contributed by atoms with Gasteiger partial charge in [-0.25, -0.2) is 4.39 Å². The SMILES string of the molecule is CN(c1ccc(CN)c(F)c1)C1CCCCCC1. The van der Waals surface area contributed by atoms with Crippen LogP contribution in [0.25, 0.3) is 0 Å². The smallest absolute Gasteiger partial charge is 0.129 e. The number of hydrogen-bond acceptors (Lipinski definition) is 2. The summed E-state index contributed by atoms with van der Waals surface area (Å²) in [6.07, 6.45) is 7.69. The quantitative estimate of drug-likeness (QED) is 0.833. The van der Waals surface area contributed by atoms with Gasteiger partial charge in [-0.2, -0.15) is 0 Å². The zero-order valence-corrected chi connectivity index (χ0v) is 11.2. The molecule has 0 bridgehead atoms. The second-order valence-corrected chi connectivity index (χ2v) is 5.24. The average molecular weight is 250 g/mol. The van der Waals surface area contributed by atoms with Gasteiger partial charge in [0.1, 0.15) is 5.82 Å². The van der Waals surface area contributed by atoms with Gasteiger partial charge in [0, 0.05) is 30.9 Å². The van der Waals surface area contributed by atoms with Gasteiger partial charge in [0.25, 0.3) is 0 Å². The molecule has 0 amide bonds. The van der Waals surface area contributed by atoms with Crippen LogP contribution >= 0.6 is 0 Å². The van der Waals surface area contributed by atoms with Crippen molar-refractivity contribution < 1.29 is 4.39 Å². The molecule has 0 saturated heterocycles. The Labute approximate surface area is 109 Å². The minimum absolute atomic E-state index is 0.185. The molecule has 2 rings (SSSR count). The van der Waals surface area contributed by atoms with Gasteiger partial charge in [0.2, 0.25) is 0 Å². The van der Waals surface area contributed by atoms with Crippen LogP contribution in [-0.2, 0) is 6.54 Å². The molecule has 1 aromatic carbocycles. The topological polar surface area (TPSA) is 29.3 Å². The Hall–Kier alpha value is -1.09. The van der Waals surface area contributed by atoms with E-state index in [-0.39, 0.29) is 12.4 Å². The lowest BCUT2D eigenvalue weighted by Gasteiger charge is -2.29. The number of hydrogen-bond donors (Lipinski definition) is 1. The van der Waals surface area contributed by atoms with Crippen molar-refractivity contribution >= 4 is 5.69 Å². The van der Waals surface area contributed by atoms with E-state index in [1.807, 2.05) is 6.07 Å². The van der Waals surface area contributed by atoms with Crippen molar-refractivity contribution in [3.05, 3.63) is 29.6 Å². The van der Waals surface area contributed by atoms with E-state index in [9.17, 15) is 4.39 Å². The molecule has 2 N–H and O–H groups in total. The second kappa shape index (κ2) is 6.19. The molecular weight excluding hydrogens is 227 g/mol. The first kappa shape index (κ1) is 13.3. The van der Waals surface area contributed by atoms with Crippen LogP contribution in [0, 0.1) is 5.82 Å². The van der Waals surface area contributed by atoms with Crippen LogP contribution in [0.3, 0.4) is 0 Å². The lowest BCUT2D eigenvalue weighted by Crippen LogP contribution is -2.31. The molecule has 1 saturated carbocycles. The van der Waals surface area contributed by atoms with Crippen LogP contribution in [0.2, 0.25) is 0 Å². The van der Waals surface area contributed by atoms with Crippen molar-refractivity contribution in [1.82, 2.24) is 0 Å².